The van der Waals surface area contributed by atoms with E-state index in [2.05, 4.69) is 10.6 Å². The van der Waals surface area contributed by atoms with Gasteiger partial charge in [0.25, 0.3) is 0 Å². The zero-order valence-corrected chi connectivity index (χ0v) is 12.5. The first-order valence-corrected chi connectivity index (χ1v) is 6.65. The second-order valence-electron chi connectivity index (χ2n) is 5.82. The Balaban J connectivity index is 2.63. The molecule has 4 N–H and O–H groups in total. The maximum absolute atomic E-state index is 11.9. The van der Waals surface area contributed by atoms with Crippen LogP contribution in [0.25, 0.3) is 0 Å². The summed E-state index contributed by atoms with van der Waals surface area (Å²) in [5.74, 6) is -0.584. The molecule has 0 aromatic heterocycles. The van der Waals surface area contributed by atoms with Crippen molar-refractivity contribution >= 4 is 17.5 Å². The van der Waals surface area contributed by atoms with Gasteiger partial charge >= 0.3 is 0 Å². The number of benzene rings is 1. The van der Waals surface area contributed by atoms with Gasteiger partial charge in [-0.25, -0.2) is 0 Å². The Morgan fingerprint density at radius 3 is 2.45 bits per heavy atom. The van der Waals surface area contributed by atoms with E-state index in [1.54, 1.807) is 25.1 Å². The second-order valence-corrected chi connectivity index (χ2v) is 5.82. The predicted molar refractivity (Wildman–Crippen MR) is 80.7 cm³/mol. The topological polar surface area (TPSA) is 84.2 Å². The van der Waals surface area contributed by atoms with Crippen LogP contribution in [0.2, 0.25) is 0 Å². The predicted octanol–water partition coefficient (Wildman–Crippen LogP) is 1.81. The molecule has 0 atom stereocenters. The third-order valence-electron chi connectivity index (χ3n) is 2.88. The van der Waals surface area contributed by atoms with Crippen LogP contribution in [0.4, 0.5) is 5.69 Å². The fourth-order valence-corrected chi connectivity index (χ4v) is 1.80. The summed E-state index contributed by atoms with van der Waals surface area (Å²) in [6, 6.07) is 5.11. The maximum atomic E-state index is 11.9. The summed E-state index contributed by atoms with van der Waals surface area (Å²) in [5, 5.41) is 6.05. The van der Waals surface area contributed by atoms with Crippen molar-refractivity contribution in [2.45, 2.75) is 39.7 Å². The van der Waals surface area contributed by atoms with Crippen molar-refractivity contribution in [2.75, 3.05) is 11.9 Å². The Morgan fingerprint density at radius 1 is 1.25 bits per heavy atom. The normalized spacial score (nSPS) is 11.2. The van der Waals surface area contributed by atoms with Gasteiger partial charge in [-0.15, -0.1) is 0 Å². The molecule has 5 heteroatoms. The maximum Gasteiger partial charge on any atom is 0.249 e. The van der Waals surface area contributed by atoms with Gasteiger partial charge in [0.2, 0.25) is 11.8 Å². The van der Waals surface area contributed by atoms with E-state index >= 15 is 0 Å². The molecule has 0 heterocycles. The molecule has 2 amide bonds. The quantitative estimate of drug-likeness (QED) is 0.767. The average Bonchev–Trinajstić information content (AvgIpc) is 2.29. The van der Waals surface area contributed by atoms with E-state index in [4.69, 9.17) is 5.73 Å². The molecule has 0 saturated carbocycles. The third kappa shape index (κ3) is 5.01. The molecule has 1 aromatic rings. The summed E-state index contributed by atoms with van der Waals surface area (Å²) in [7, 11) is 0. The first-order chi connectivity index (χ1) is 9.20. The van der Waals surface area contributed by atoms with E-state index in [9.17, 15) is 9.59 Å². The SMILES string of the molecule is Cc1c(NC(=O)CCNC(C)(C)C)cccc1C(N)=O. The van der Waals surface area contributed by atoms with Crippen molar-refractivity contribution in [3.63, 3.8) is 0 Å². The molecule has 0 bridgehead atoms. The number of hydrogen-bond donors (Lipinski definition) is 3. The number of anilines is 1. The Morgan fingerprint density at radius 2 is 1.90 bits per heavy atom. The van der Waals surface area contributed by atoms with Gasteiger partial charge in [0.05, 0.1) is 0 Å². The van der Waals surface area contributed by atoms with E-state index in [0.29, 0.717) is 29.8 Å². The highest BCUT2D eigenvalue weighted by atomic mass is 16.2. The third-order valence-corrected chi connectivity index (χ3v) is 2.88. The van der Waals surface area contributed by atoms with E-state index in [1.807, 2.05) is 20.8 Å². The summed E-state index contributed by atoms with van der Waals surface area (Å²) < 4.78 is 0. The number of hydrogen-bond acceptors (Lipinski definition) is 3. The van der Waals surface area contributed by atoms with Crippen molar-refractivity contribution in [2.24, 2.45) is 5.73 Å². The Labute approximate surface area is 119 Å². The molecule has 110 valence electrons. The molecule has 0 saturated heterocycles. The van der Waals surface area contributed by atoms with Gasteiger partial charge in [-0.3, -0.25) is 9.59 Å². The summed E-state index contributed by atoms with van der Waals surface area (Å²) in [4.78, 5) is 23.1. The highest BCUT2D eigenvalue weighted by Crippen LogP contribution is 2.18. The van der Waals surface area contributed by atoms with Crippen LogP contribution in [-0.2, 0) is 4.79 Å². The first kappa shape index (κ1) is 16.2. The number of nitrogens with two attached hydrogens (primary N) is 1. The largest absolute Gasteiger partial charge is 0.366 e. The molecule has 20 heavy (non-hydrogen) atoms. The standard InChI is InChI=1S/C15H23N3O2/c1-10-11(14(16)20)6-5-7-12(10)18-13(19)8-9-17-15(2,3)4/h5-7,17H,8-9H2,1-4H3,(H2,16,20)(H,18,19). The van der Waals surface area contributed by atoms with E-state index in [1.165, 1.54) is 0 Å². The molecule has 0 aliphatic heterocycles. The van der Waals surface area contributed by atoms with Crippen LogP contribution in [-0.4, -0.2) is 23.9 Å². The monoisotopic (exact) mass is 277 g/mol. The number of rotatable bonds is 5. The number of nitrogens with one attached hydrogen (secondary N) is 2. The molecule has 0 radical (unpaired) electrons. The fourth-order valence-electron chi connectivity index (χ4n) is 1.80. The molecule has 0 spiro atoms. The van der Waals surface area contributed by atoms with Crippen LogP contribution in [0.15, 0.2) is 18.2 Å². The second kappa shape index (κ2) is 6.52. The lowest BCUT2D eigenvalue weighted by Gasteiger charge is -2.20. The lowest BCUT2D eigenvalue weighted by molar-refractivity contribution is -0.116. The van der Waals surface area contributed by atoms with Gasteiger partial charge in [-0.05, 0) is 45.4 Å². The van der Waals surface area contributed by atoms with E-state index < -0.39 is 5.91 Å². The van der Waals surface area contributed by atoms with Crippen molar-refractivity contribution in [3.05, 3.63) is 29.3 Å². The van der Waals surface area contributed by atoms with Crippen molar-refractivity contribution in [1.82, 2.24) is 5.32 Å². The Kier molecular flexibility index (Phi) is 5.27. The average molecular weight is 277 g/mol. The molecule has 1 aromatic carbocycles. The molecule has 0 aliphatic rings. The zero-order chi connectivity index (χ0) is 15.3. The van der Waals surface area contributed by atoms with Crippen LogP contribution < -0.4 is 16.4 Å². The zero-order valence-electron chi connectivity index (χ0n) is 12.5. The lowest BCUT2D eigenvalue weighted by Crippen LogP contribution is -2.37. The van der Waals surface area contributed by atoms with Crippen molar-refractivity contribution in [3.8, 4) is 0 Å². The molecular formula is C15H23N3O2. The molecule has 0 aliphatic carbocycles. The first-order valence-electron chi connectivity index (χ1n) is 6.65. The highest BCUT2D eigenvalue weighted by Gasteiger charge is 2.12. The number of amides is 2. The molecule has 5 nitrogen and oxygen atoms in total. The summed E-state index contributed by atoms with van der Waals surface area (Å²) in [6.07, 6.45) is 0.373. The van der Waals surface area contributed by atoms with Crippen molar-refractivity contribution < 1.29 is 9.59 Å². The van der Waals surface area contributed by atoms with Gasteiger partial charge in [-0.1, -0.05) is 6.07 Å². The molecule has 0 fully saturated rings. The number of primary amides is 1. The smallest absolute Gasteiger partial charge is 0.249 e. The van der Waals surface area contributed by atoms with Crippen LogP contribution >= 0.6 is 0 Å². The van der Waals surface area contributed by atoms with Crippen LogP contribution in [0.1, 0.15) is 43.1 Å². The highest BCUT2D eigenvalue weighted by molar-refractivity contribution is 5.98. The summed E-state index contributed by atoms with van der Waals surface area (Å²) in [5.41, 5.74) is 7.01. The summed E-state index contributed by atoms with van der Waals surface area (Å²) >= 11 is 0. The molecule has 0 unspecified atom stereocenters. The van der Waals surface area contributed by atoms with Gasteiger partial charge < -0.3 is 16.4 Å². The van der Waals surface area contributed by atoms with Gasteiger partial charge in [0.1, 0.15) is 0 Å². The van der Waals surface area contributed by atoms with Gasteiger partial charge in [0, 0.05) is 29.8 Å². The van der Waals surface area contributed by atoms with Gasteiger partial charge in [-0.2, -0.15) is 0 Å². The van der Waals surface area contributed by atoms with Crippen LogP contribution in [0.5, 0.6) is 0 Å². The van der Waals surface area contributed by atoms with Gasteiger partial charge in [0.15, 0.2) is 0 Å². The van der Waals surface area contributed by atoms with Crippen LogP contribution in [0.3, 0.4) is 0 Å². The minimum absolute atomic E-state index is 0.0118. The van der Waals surface area contributed by atoms with Crippen molar-refractivity contribution in [1.29, 1.82) is 0 Å². The summed E-state index contributed by atoms with van der Waals surface area (Å²) in [6.45, 7) is 8.51. The lowest BCUT2D eigenvalue weighted by atomic mass is 10.1. The number of carbonyl (C=O) groups excluding carboxylic acids is 2. The van der Waals surface area contributed by atoms with E-state index in [0.717, 1.165) is 0 Å². The molecule has 1 rings (SSSR count). The Hall–Kier alpha value is -1.88. The minimum atomic E-state index is -0.493. The number of carbonyl (C=O) groups is 2. The van der Waals surface area contributed by atoms with Crippen LogP contribution in [0, 0.1) is 6.92 Å². The fraction of sp³-hybridized carbons (Fsp3) is 0.467. The Bertz CT molecular complexity index is 504. The minimum Gasteiger partial charge on any atom is -0.366 e. The van der Waals surface area contributed by atoms with E-state index in [-0.39, 0.29) is 11.4 Å². The molecular weight excluding hydrogens is 254 g/mol.